The molecule has 1 aliphatic heterocycles. The molecule has 6 heteroatoms. The Kier molecular flexibility index (Phi) is 5.51. The van der Waals surface area contributed by atoms with E-state index >= 15 is 0 Å². The molecular formula is C20H24N2O4. The van der Waals surface area contributed by atoms with E-state index in [4.69, 9.17) is 14.2 Å². The van der Waals surface area contributed by atoms with Crippen LogP contribution in [0, 0.1) is 0 Å². The summed E-state index contributed by atoms with van der Waals surface area (Å²) in [7, 11) is 4.86. The van der Waals surface area contributed by atoms with Gasteiger partial charge < -0.3 is 24.4 Å². The molecule has 1 heterocycles. The maximum atomic E-state index is 12.6. The number of amides is 2. The van der Waals surface area contributed by atoms with Gasteiger partial charge in [0.15, 0.2) is 0 Å². The predicted molar refractivity (Wildman–Crippen MR) is 98.8 cm³/mol. The highest BCUT2D eigenvalue weighted by molar-refractivity contribution is 5.75. The number of hydrogen-bond acceptors (Lipinski definition) is 4. The SMILES string of the molecule is COc1cccc([C@@H]2CCN2C(=O)NCc2ccc(OC)cc2OC)c1. The fourth-order valence-electron chi connectivity index (χ4n) is 3.10. The van der Waals surface area contributed by atoms with E-state index in [1.807, 2.05) is 47.4 Å². The molecule has 2 aromatic rings. The van der Waals surface area contributed by atoms with Gasteiger partial charge in [-0.25, -0.2) is 4.79 Å². The molecular weight excluding hydrogens is 332 g/mol. The average Bonchev–Trinajstić information content (AvgIpc) is 2.65. The Morgan fingerprint density at radius 2 is 1.85 bits per heavy atom. The number of likely N-dealkylation sites (tertiary alicyclic amines) is 1. The molecule has 2 amide bonds. The third kappa shape index (κ3) is 3.69. The number of nitrogens with zero attached hydrogens (tertiary/aromatic N) is 1. The van der Waals surface area contributed by atoms with Gasteiger partial charge in [-0.2, -0.15) is 0 Å². The number of methoxy groups -OCH3 is 3. The van der Waals surface area contributed by atoms with Crippen LogP contribution in [0.2, 0.25) is 0 Å². The lowest BCUT2D eigenvalue weighted by molar-refractivity contribution is 0.115. The lowest BCUT2D eigenvalue weighted by Crippen LogP contribution is -2.49. The highest BCUT2D eigenvalue weighted by Crippen LogP contribution is 2.34. The number of hydrogen-bond donors (Lipinski definition) is 1. The number of rotatable bonds is 6. The van der Waals surface area contributed by atoms with Crippen molar-refractivity contribution >= 4 is 6.03 Å². The maximum Gasteiger partial charge on any atom is 0.318 e. The van der Waals surface area contributed by atoms with Crippen molar-refractivity contribution in [3.05, 3.63) is 53.6 Å². The zero-order valence-electron chi connectivity index (χ0n) is 15.3. The van der Waals surface area contributed by atoms with Crippen LogP contribution in [0.15, 0.2) is 42.5 Å². The molecule has 1 fully saturated rings. The number of ether oxygens (including phenoxy) is 3. The molecule has 0 saturated carbocycles. The number of carbonyl (C=O) groups is 1. The Morgan fingerprint density at radius 1 is 1.08 bits per heavy atom. The molecule has 138 valence electrons. The third-order valence-corrected chi connectivity index (χ3v) is 4.68. The summed E-state index contributed by atoms with van der Waals surface area (Å²) < 4.78 is 15.9. The number of benzene rings is 2. The second-order valence-electron chi connectivity index (χ2n) is 6.11. The van der Waals surface area contributed by atoms with E-state index < -0.39 is 0 Å². The average molecular weight is 356 g/mol. The molecule has 0 spiro atoms. The van der Waals surface area contributed by atoms with Crippen LogP contribution >= 0.6 is 0 Å². The van der Waals surface area contributed by atoms with Crippen LogP contribution in [0.25, 0.3) is 0 Å². The van der Waals surface area contributed by atoms with Gasteiger partial charge in [0.25, 0.3) is 0 Å². The third-order valence-electron chi connectivity index (χ3n) is 4.68. The number of carbonyl (C=O) groups excluding carboxylic acids is 1. The van der Waals surface area contributed by atoms with Gasteiger partial charge in [0.05, 0.1) is 27.4 Å². The van der Waals surface area contributed by atoms with Crippen LogP contribution in [0.5, 0.6) is 17.2 Å². The Balaban J connectivity index is 1.63. The van der Waals surface area contributed by atoms with Gasteiger partial charge in [-0.1, -0.05) is 12.1 Å². The van der Waals surface area contributed by atoms with Crippen LogP contribution in [0.4, 0.5) is 4.79 Å². The van der Waals surface area contributed by atoms with E-state index in [2.05, 4.69) is 5.32 Å². The second-order valence-corrected chi connectivity index (χ2v) is 6.11. The van der Waals surface area contributed by atoms with E-state index in [1.165, 1.54) is 0 Å². The minimum Gasteiger partial charge on any atom is -0.497 e. The van der Waals surface area contributed by atoms with E-state index in [1.54, 1.807) is 21.3 Å². The zero-order chi connectivity index (χ0) is 18.5. The Bertz CT molecular complexity index is 778. The summed E-state index contributed by atoms with van der Waals surface area (Å²) in [6.45, 7) is 1.14. The molecule has 0 radical (unpaired) electrons. The van der Waals surface area contributed by atoms with Crippen molar-refractivity contribution in [1.29, 1.82) is 0 Å². The van der Waals surface area contributed by atoms with Crippen molar-refractivity contribution in [3.8, 4) is 17.2 Å². The lowest BCUT2D eigenvalue weighted by Gasteiger charge is -2.41. The molecule has 0 unspecified atom stereocenters. The monoisotopic (exact) mass is 356 g/mol. The molecule has 0 bridgehead atoms. The molecule has 3 rings (SSSR count). The minimum atomic E-state index is -0.0815. The van der Waals surface area contributed by atoms with Crippen LogP contribution in [-0.2, 0) is 6.54 Å². The van der Waals surface area contributed by atoms with E-state index in [9.17, 15) is 4.79 Å². The van der Waals surface area contributed by atoms with E-state index in [0.717, 1.165) is 35.6 Å². The van der Waals surface area contributed by atoms with Crippen LogP contribution < -0.4 is 19.5 Å². The lowest BCUT2D eigenvalue weighted by atomic mass is 9.95. The van der Waals surface area contributed by atoms with Gasteiger partial charge in [0.2, 0.25) is 0 Å². The van der Waals surface area contributed by atoms with Crippen LogP contribution in [0.3, 0.4) is 0 Å². The van der Waals surface area contributed by atoms with Crippen molar-refractivity contribution < 1.29 is 19.0 Å². The van der Waals surface area contributed by atoms with Crippen LogP contribution in [-0.4, -0.2) is 38.8 Å². The zero-order valence-corrected chi connectivity index (χ0v) is 15.3. The summed E-state index contributed by atoms with van der Waals surface area (Å²) in [6.07, 6.45) is 0.951. The first-order chi connectivity index (χ1) is 12.7. The first-order valence-electron chi connectivity index (χ1n) is 8.55. The van der Waals surface area contributed by atoms with Crippen molar-refractivity contribution in [3.63, 3.8) is 0 Å². The van der Waals surface area contributed by atoms with E-state index in [0.29, 0.717) is 12.3 Å². The molecule has 26 heavy (non-hydrogen) atoms. The fourth-order valence-corrected chi connectivity index (χ4v) is 3.10. The molecule has 2 aromatic carbocycles. The molecule has 0 aliphatic carbocycles. The summed E-state index contributed by atoms with van der Waals surface area (Å²) in [5, 5.41) is 2.98. The molecule has 1 aliphatic rings. The summed E-state index contributed by atoms with van der Waals surface area (Å²) >= 11 is 0. The Labute approximate surface area is 153 Å². The molecule has 1 N–H and O–H groups in total. The molecule has 6 nitrogen and oxygen atoms in total. The largest absolute Gasteiger partial charge is 0.497 e. The summed E-state index contributed by atoms with van der Waals surface area (Å²) in [6, 6.07) is 13.4. The summed E-state index contributed by atoms with van der Waals surface area (Å²) in [4.78, 5) is 14.4. The van der Waals surface area contributed by atoms with Crippen LogP contribution in [0.1, 0.15) is 23.6 Å². The van der Waals surface area contributed by atoms with Gasteiger partial charge >= 0.3 is 6.03 Å². The maximum absolute atomic E-state index is 12.6. The fraction of sp³-hybridized carbons (Fsp3) is 0.350. The molecule has 1 atom stereocenters. The smallest absolute Gasteiger partial charge is 0.318 e. The highest BCUT2D eigenvalue weighted by Gasteiger charge is 2.33. The van der Waals surface area contributed by atoms with Crippen molar-refractivity contribution in [2.45, 2.75) is 19.0 Å². The standard InChI is InChI=1S/C20H24N2O4/c1-24-16-6-4-5-14(11-16)18-9-10-22(18)20(23)21-13-15-7-8-17(25-2)12-19(15)26-3/h4-8,11-12,18H,9-10,13H2,1-3H3,(H,21,23)/t18-/m0/s1. The first kappa shape index (κ1) is 17.9. The Morgan fingerprint density at radius 3 is 2.50 bits per heavy atom. The molecule has 0 aromatic heterocycles. The number of urea groups is 1. The van der Waals surface area contributed by atoms with Gasteiger partial charge in [-0.15, -0.1) is 0 Å². The Hall–Kier alpha value is -2.89. The molecule has 1 saturated heterocycles. The quantitative estimate of drug-likeness (QED) is 0.862. The first-order valence-corrected chi connectivity index (χ1v) is 8.55. The van der Waals surface area contributed by atoms with Gasteiger partial charge in [-0.3, -0.25) is 0 Å². The number of nitrogens with one attached hydrogen (secondary N) is 1. The van der Waals surface area contributed by atoms with Gasteiger partial charge in [0, 0.05) is 24.7 Å². The van der Waals surface area contributed by atoms with E-state index in [-0.39, 0.29) is 12.1 Å². The highest BCUT2D eigenvalue weighted by atomic mass is 16.5. The second kappa shape index (κ2) is 7.99. The van der Waals surface area contributed by atoms with Crippen molar-refractivity contribution in [1.82, 2.24) is 10.2 Å². The van der Waals surface area contributed by atoms with Crippen molar-refractivity contribution in [2.24, 2.45) is 0 Å². The minimum absolute atomic E-state index is 0.0815. The normalized spacial score (nSPS) is 15.8. The van der Waals surface area contributed by atoms with Crippen molar-refractivity contribution in [2.75, 3.05) is 27.9 Å². The van der Waals surface area contributed by atoms with Gasteiger partial charge in [-0.05, 0) is 36.2 Å². The predicted octanol–water partition coefficient (Wildman–Crippen LogP) is 3.37. The van der Waals surface area contributed by atoms with Gasteiger partial charge in [0.1, 0.15) is 17.2 Å². The topological polar surface area (TPSA) is 60.0 Å². The summed E-state index contributed by atoms with van der Waals surface area (Å²) in [5.74, 6) is 2.22. The summed E-state index contributed by atoms with van der Waals surface area (Å²) in [5.41, 5.74) is 1.99.